The third-order valence-electron chi connectivity index (χ3n) is 1.93. The van der Waals surface area contributed by atoms with Gasteiger partial charge in [-0.25, -0.2) is 0 Å². The van der Waals surface area contributed by atoms with E-state index in [2.05, 4.69) is 20.3 Å². The zero-order chi connectivity index (χ0) is 13.0. The molecule has 0 fully saturated rings. The van der Waals surface area contributed by atoms with Crippen molar-refractivity contribution in [2.45, 2.75) is 17.0 Å². The molecule has 0 aliphatic carbocycles. The van der Waals surface area contributed by atoms with Gasteiger partial charge in [-0.1, -0.05) is 17.7 Å². The third kappa shape index (κ3) is 3.73. The van der Waals surface area contributed by atoms with Crippen molar-refractivity contribution in [1.29, 1.82) is 0 Å². The molecule has 0 spiro atoms. The van der Waals surface area contributed by atoms with Gasteiger partial charge in [-0.2, -0.15) is 15.0 Å². The van der Waals surface area contributed by atoms with Crippen molar-refractivity contribution in [2.24, 2.45) is 0 Å². The molecule has 1 N–H and O–H groups in total. The maximum atomic E-state index is 5.92. The summed E-state index contributed by atoms with van der Waals surface area (Å²) in [6, 6.07) is 7.47. The summed E-state index contributed by atoms with van der Waals surface area (Å²) in [5, 5.41) is 4.38. The molecule has 4 nitrogen and oxygen atoms in total. The molecule has 2 aromatic rings. The first-order chi connectivity index (χ1) is 8.67. The predicted octanol–water partition coefficient (Wildman–Crippen LogP) is 3.76. The summed E-state index contributed by atoms with van der Waals surface area (Å²) in [7, 11) is 0. The highest BCUT2D eigenvalue weighted by atomic mass is 35.5. The van der Waals surface area contributed by atoms with Gasteiger partial charge in [-0.15, -0.1) is 0 Å². The van der Waals surface area contributed by atoms with Crippen molar-refractivity contribution in [3.8, 4) is 0 Å². The van der Waals surface area contributed by atoms with E-state index >= 15 is 0 Å². The molecular weight excluding hydrogens is 291 g/mol. The molecule has 0 saturated heterocycles. The Bertz CT molecular complexity index is 550. The van der Waals surface area contributed by atoms with E-state index in [9.17, 15) is 0 Å². The monoisotopic (exact) mass is 300 g/mol. The first kappa shape index (κ1) is 13.4. The number of aromatic nitrogens is 3. The largest absolute Gasteiger partial charge is 0.354 e. The lowest BCUT2D eigenvalue weighted by molar-refractivity contribution is 0.899. The minimum atomic E-state index is 0.172. The van der Waals surface area contributed by atoms with Crippen molar-refractivity contribution in [3.63, 3.8) is 0 Å². The number of halogens is 2. The first-order valence-electron chi connectivity index (χ1n) is 5.26. The fourth-order valence-electron chi connectivity index (χ4n) is 1.25. The zero-order valence-corrected chi connectivity index (χ0v) is 11.9. The van der Waals surface area contributed by atoms with Gasteiger partial charge in [0.25, 0.3) is 0 Å². The highest BCUT2D eigenvalue weighted by molar-refractivity contribution is 7.99. The number of nitrogens with zero attached hydrogens (tertiary/aromatic N) is 3. The molecule has 0 bridgehead atoms. The Morgan fingerprint density at radius 2 is 2.06 bits per heavy atom. The summed E-state index contributed by atoms with van der Waals surface area (Å²) in [6.45, 7) is 2.68. The van der Waals surface area contributed by atoms with Crippen LogP contribution in [0.2, 0.25) is 10.3 Å². The van der Waals surface area contributed by atoms with Gasteiger partial charge in [0.15, 0.2) is 5.16 Å². The molecule has 0 radical (unpaired) electrons. The van der Waals surface area contributed by atoms with Crippen LogP contribution in [0.15, 0.2) is 34.3 Å². The number of anilines is 1. The Morgan fingerprint density at radius 3 is 2.78 bits per heavy atom. The van der Waals surface area contributed by atoms with Crippen LogP contribution in [0.1, 0.15) is 6.92 Å². The quantitative estimate of drug-likeness (QED) is 0.931. The lowest BCUT2D eigenvalue weighted by Gasteiger charge is -2.04. The van der Waals surface area contributed by atoms with Crippen LogP contribution in [0.25, 0.3) is 0 Å². The van der Waals surface area contributed by atoms with Crippen LogP contribution in [0, 0.1) is 0 Å². The molecule has 7 heteroatoms. The van der Waals surface area contributed by atoms with Crippen LogP contribution < -0.4 is 5.32 Å². The molecule has 1 aromatic heterocycles. The van der Waals surface area contributed by atoms with Gasteiger partial charge >= 0.3 is 0 Å². The lowest BCUT2D eigenvalue weighted by Crippen LogP contribution is -2.04. The standard InChI is InChI=1S/C11H10Cl2N4S/c1-2-14-10-15-9(13)16-11(17-10)18-8-5-3-4-7(12)6-8/h3-6H,2H2,1H3,(H,14,15,16,17). The second-order valence-corrected chi connectivity index (χ2v) is 5.12. The summed E-state index contributed by atoms with van der Waals surface area (Å²) in [4.78, 5) is 13.2. The van der Waals surface area contributed by atoms with E-state index in [0.29, 0.717) is 16.1 Å². The normalized spacial score (nSPS) is 10.4. The number of rotatable bonds is 4. The van der Waals surface area contributed by atoms with Gasteiger partial charge in [0.1, 0.15) is 0 Å². The van der Waals surface area contributed by atoms with Crippen LogP contribution in [0.5, 0.6) is 0 Å². The molecule has 0 amide bonds. The molecule has 0 aliphatic rings. The van der Waals surface area contributed by atoms with E-state index in [1.54, 1.807) is 0 Å². The van der Waals surface area contributed by atoms with Crippen LogP contribution >= 0.6 is 35.0 Å². The van der Waals surface area contributed by atoms with Gasteiger partial charge in [0.05, 0.1) is 0 Å². The third-order valence-corrected chi connectivity index (χ3v) is 3.19. The van der Waals surface area contributed by atoms with Crippen LogP contribution in [-0.4, -0.2) is 21.5 Å². The van der Waals surface area contributed by atoms with Gasteiger partial charge in [0, 0.05) is 16.5 Å². The summed E-state index contributed by atoms with van der Waals surface area (Å²) in [5.41, 5.74) is 0. The Morgan fingerprint density at radius 1 is 1.22 bits per heavy atom. The lowest BCUT2D eigenvalue weighted by atomic mass is 10.4. The Hall–Kier alpha value is -1.04. The first-order valence-corrected chi connectivity index (χ1v) is 6.83. The van der Waals surface area contributed by atoms with Crippen molar-refractivity contribution < 1.29 is 0 Å². The smallest absolute Gasteiger partial charge is 0.228 e. The second-order valence-electron chi connectivity index (χ2n) is 3.30. The van der Waals surface area contributed by atoms with Gasteiger partial charge in [-0.3, -0.25) is 0 Å². The van der Waals surface area contributed by atoms with E-state index in [1.807, 2.05) is 31.2 Å². The molecular formula is C11H10Cl2N4S. The zero-order valence-electron chi connectivity index (χ0n) is 9.52. The fraction of sp³-hybridized carbons (Fsp3) is 0.182. The van der Waals surface area contributed by atoms with Crippen molar-refractivity contribution in [3.05, 3.63) is 34.6 Å². The molecule has 0 aliphatic heterocycles. The Labute approximate surface area is 119 Å². The van der Waals surface area contributed by atoms with Crippen LogP contribution in [0.3, 0.4) is 0 Å². The fourth-order valence-corrected chi connectivity index (χ4v) is 2.52. The molecule has 94 valence electrons. The van der Waals surface area contributed by atoms with Crippen LogP contribution in [-0.2, 0) is 0 Å². The van der Waals surface area contributed by atoms with Crippen molar-refractivity contribution in [2.75, 3.05) is 11.9 Å². The summed E-state index contributed by atoms with van der Waals surface area (Å²) in [6.07, 6.45) is 0. The maximum Gasteiger partial charge on any atom is 0.228 e. The number of hydrogen-bond acceptors (Lipinski definition) is 5. The molecule has 1 heterocycles. The van der Waals surface area contributed by atoms with E-state index in [4.69, 9.17) is 23.2 Å². The molecule has 0 saturated carbocycles. The van der Waals surface area contributed by atoms with Crippen molar-refractivity contribution >= 4 is 40.9 Å². The Balaban J connectivity index is 2.23. The molecule has 0 atom stereocenters. The SMILES string of the molecule is CCNc1nc(Cl)nc(Sc2cccc(Cl)c2)n1. The summed E-state index contributed by atoms with van der Waals surface area (Å²) >= 11 is 13.1. The van der Waals surface area contributed by atoms with Crippen LogP contribution in [0.4, 0.5) is 5.95 Å². The molecule has 0 unspecified atom stereocenters. The van der Waals surface area contributed by atoms with E-state index in [-0.39, 0.29) is 5.28 Å². The van der Waals surface area contributed by atoms with E-state index < -0.39 is 0 Å². The highest BCUT2D eigenvalue weighted by Crippen LogP contribution is 2.27. The van der Waals surface area contributed by atoms with E-state index in [1.165, 1.54) is 11.8 Å². The summed E-state index contributed by atoms with van der Waals surface area (Å²) < 4.78 is 0. The second kappa shape index (κ2) is 6.22. The Kier molecular flexibility index (Phi) is 4.63. The minimum Gasteiger partial charge on any atom is -0.354 e. The molecule has 1 aromatic carbocycles. The topological polar surface area (TPSA) is 50.7 Å². The average molecular weight is 301 g/mol. The van der Waals surface area contributed by atoms with Gasteiger partial charge < -0.3 is 5.32 Å². The van der Waals surface area contributed by atoms with Gasteiger partial charge in [0.2, 0.25) is 11.2 Å². The predicted molar refractivity (Wildman–Crippen MR) is 74.6 cm³/mol. The summed E-state index contributed by atoms with van der Waals surface area (Å²) in [5.74, 6) is 0.474. The van der Waals surface area contributed by atoms with Gasteiger partial charge in [-0.05, 0) is 48.5 Å². The molecule has 18 heavy (non-hydrogen) atoms. The highest BCUT2D eigenvalue weighted by Gasteiger charge is 2.06. The maximum absolute atomic E-state index is 5.92. The number of benzene rings is 1. The number of hydrogen-bond donors (Lipinski definition) is 1. The van der Waals surface area contributed by atoms with E-state index in [0.717, 1.165) is 11.4 Å². The average Bonchev–Trinajstić information content (AvgIpc) is 2.28. The number of nitrogens with one attached hydrogen (secondary N) is 1. The van der Waals surface area contributed by atoms with Crippen molar-refractivity contribution in [1.82, 2.24) is 15.0 Å². The molecule has 2 rings (SSSR count). The minimum absolute atomic E-state index is 0.172.